The lowest BCUT2D eigenvalue weighted by Gasteiger charge is -2.25. The number of carbonyl (C=O) groups excluding carboxylic acids is 1. The van der Waals surface area contributed by atoms with E-state index in [0.717, 1.165) is 43.7 Å². The van der Waals surface area contributed by atoms with Gasteiger partial charge in [0.05, 0.1) is 10.7 Å². The lowest BCUT2D eigenvalue weighted by Crippen LogP contribution is -2.40. The van der Waals surface area contributed by atoms with Crippen LogP contribution < -0.4 is 16.0 Å². The van der Waals surface area contributed by atoms with Crippen molar-refractivity contribution in [3.63, 3.8) is 0 Å². The molecule has 1 amide bonds. The topological polar surface area (TPSA) is 58.4 Å². The van der Waals surface area contributed by atoms with Gasteiger partial charge in [0, 0.05) is 13.1 Å². The number of nitrogens with one attached hydrogen (secondary N) is 1. The Morgan fingerprint density at radius 2 is 2.29 bits per heavy atom. The van der Waals surface area contributed by atoms with Crippen LogP contribution in [-0.4, -0.2) is 25.0 Å². The first-order chi connectivity index (χ1) is 9.99. The van der Waals surface area contributed by atoms with Gasteiger partial charge >= 0.3 is 0 Å². The minimum atomic E-state index is -0.272. The molecule has 116 valence electrons. The van der Waals surface area contributed by atoms with Crippen molar-refractivity contribution in [2.75, 3.05) is 18.0 Å². The Morgan fingerprint density at radius 3 is 2.90 bits per heavy atom. The molecule has 0 radical (unpaired) electrons. The third kappa shape index (κ3) is 4.11. The quantitative estimate of drug-likeness (QED) is 0.849. The van der Waals surface area contributed by atoms with Crippen LogP contribution in [0.25, 0.3) is 0 Å². The average molecular weight is 310 g/mol. The number of halogens is 1. The second-order valence-electron chi connectivity index (χ2n) is 6.06. The van der Waals surface area contributed by atoms with E-state index in [0.29, 0.717) is 10.9 Å². The molecule has 0 aromatic heterocycles. The van der Waals surface area contributed by atoms with Crippen LogP contribution in [0.1, 0.15) is 32.3 Å². The first kappa shape index (κ1) is 16.1. The second kappa shape index (κ2) is 7.14. The molecular weight excluding hydrogens is 286 g/mol. The Kier molecular flexibility index (Phi) is 5.48. The highest BCUT2D eigenvalue weighted by Gasteiger charge is 2.30. The fourth-order valence-corrected chi connectivity index (χ4v) is 3.06. The summed E-state index contributed by atoms with van der Waals surface area (Å²) in [4.78, 5) is 13.5. The summed E-state index contributed by atoms with van der Waals surface area (Å²) in [6, 6.07) is 5.80. The molecule has 1 heterocycles. The van der Waals surface area contributed by atoms with E-state index < -0.39 is 0 Å². The molecule has 1 saturated heterocycles. The zero-order chi connectivity index (χ0) is 15.4. The van der Waals surface area contributed by atoms with Crippen LogP contribution in [0.15, 0.2) is 18.2 Å². The molecule has 0 spiro atoms. The number of benzene rings is 1. The van der Waals surface area contributed by atoms with Crippen molar-refractivity contribution in [2.24, 2.45) is 11.7 Å². The Morgan fingerprint density at radius 1 is 1.52 bits per heavy atom. The Balaban J connectivity index is 2.07. The van der Waals surface area contributed by atoms with Gasteiger partial charge in [0.1, 0.15) is 6.04 Å². The van der Waals surface area contributed by atoms with Crippen molar-refractivity contribution in [1.29, 1.82) is 0 Å². The molecule has 1 aliphatic heterocycles. The standard InChI is InChI=1S/C16H24ClN3O/c1-11(2)9-19-10-12-5-6-14(13(17)8-12)20-7-3-4-15(20)16(18)21/h5-6,8,11,15,19H,3-4,7,9-10H2,1-2H3,(H2,18,21). The predicted octanol–water partition coefficient (Wildman–Crippen LogP) is 2.54. The summed E-state index contributed by atoms with van der Waals surface area (Å²) >= 11 is 6.40. The van der Waals surface area contributed by atoms with Crippen LogP contribution in [0.5, 0.6) is 0 Å². The fourth-order valence-electron chi connectivity index (χ4n) is 2.75. The van der Waals surface area contributed by atoms with Crippen LogP contribution >= 0.6 is 11.6 Å². The molecule has 4 nitrogen and oxygen atoms in total. The van der Waals surface area contributed by atoms with Crippen molar-refractivity contribution in [3.8, 4) is 0 Å². The van der Waals surface area contributed by atoms with Crippen molar-refractivity contribution in [1.82, 2.24) is 5.32 Å². The highest BCUT2D eigenvalue weighted by Crippen LogP contribution is 2.32. The number of anilines is 1. The van der Waals surface area contributed by atoms with Gasteiger partial charge in [0.2, 0.25) is 5.91 Å². The van der Waals surface area contributed by atoms with Crippen LogP contribution in [-0.2, 0) is 11.3 Å². The van der Waals surface area contributed by atoms with Crippen LogP contribution in [0.4, 0.5) is 5.69 Å². The Bertz CT molecular complexity index is 504. The van der Waals surface area contributed by atoms with Crippen LogP contribution in [0.2, 0.25) is 5.02 Å². The van der Waals surface area contributed by atoms with E-state index in [1.54, 1.807) is 0 Å². The molecule has 1 atom stereocenters. The third-order valence-corrected chi connectivity index (χ3v) is 4.09. The second-order valence-corrected chi connectivity index (χ2v) is 6.47. The van der Waals surface area contributed by atoms with E-state index in [2.05, 4.69) is 25.2 Å². The Labute approximate surface area is 131 Å². The molecule has 5 heteroatoms. The summed E-state index contributed by atoms with van der Waals surface area (Å²) in [5.41, 5.74) is 7.53. The van der Waals surface area contributed by atoms with E-state index in [9.17, 15) is 4.79 Å². The minimum Gasteiger partial charge on any atom is -0.368 e. The summed E-state index contributed by atoms with van der Waals surface area (Å²) in [6.07, 6.45) is 1.78. The van der Waals surface area contributed by atoms with Crippen molar-refractivity contribution < 1.29 is 4.79 Å². The number of nitrogens with two attached hydrogens (primary N) is 1. The van der Waals surface area contributed by atoms with Gasteiger partial charge in [-0.05, 0) is 43.0 Å². The van der Waals surface area contributed by atoms with Gasteiger partial charge in [-0.15, -0.1) is 0 Å². The Hall–Kier alpha value is -1.26. The molecular formula is C16H24ClN3O. The molecule has 0 bridgehead atoms. The van der Waals surface area contributed by atoms with E-state index in [1.165, 1.54) is 0 Å². The highest BCUT2D eigenvalue weighted by atomic mass is 35.5. The van der Waals surface area contributed by atoms with Gasteiger partial charge in [-0.25, -0.2) is 0 Å². The SMILES string of the molecule is CC(C)CNCc1ccc(N2CCCC2C(N)=O)c(Cl)c1. The number of hydrogen-bond acceptors (Lipinski definition) is 3. The van der Waals surface area contributed by atoms with Gasteiger partial charge in [0.25, 0.3) is 0 Å². The number of amides is 1. The monoisotopic (exact) mass is 309 g/mol. The average Bonchev–Trinajstić information content (AvgIpc) is 2.87. The summed E-state index contributed by atoms with van der Waals surface area (Å²) in [5.74, 6) is 0.354. The highest BCUT2D eigenvalue weighted by molar-refractivity contribution is 6.33. The smallest absolute Gasteiger partial charge is 0.240 e. The van der Waals surface area contributed by atoms with Gasteiger partial charge < -0.3 is 16.0 Å². The first-order valence-electron chi connectivity index (χ1n) is 7.54. The number of nitrogens with zero attached hydrogens (tertiary/aromatic N) is 1. The normalized spacial score (nSPS) is 18.5. The molecule has 0 saturated carbocycles. The molecule has 0 aliphatic carbocycles. The van der Waals surface area contributed by atoms with E-state index in [4.69, 9.17) is 17.3 Å². The third-order valence-electron chi connectivity index (χ3n) is 3.78. The lowest BCUT2D eigenvalue weighted by molar-refractivity contribution is -0.119. The number of primary amides is 1. The van der Waals surface area contributed by atoms with Gasteiger partial charge in [-0.1, -0.05) is 31.5 Å². The largest absolute Gasteiger partial charge is 0.368 e. The molecule has 3 N–H and O–H groups in total. The minimum absolute atomic E-state index is 0.229. The molecule has 2 rings (SSSR count). The molecule has 1 aliphatic rings. The summed E-state index contributed by atoms with van der Waals surface area (Å²) in [7, 11) is 0. The van der Waals surface area contributed by atoms with Crippen LogP contribution in [0, 0.1) is 5.92 Å². The maximum absolute atomic E-state index is 11.5. The maximum atomic E-state index is 11.5. The summed E-state index contributed by atoms with van der Waals surface area (Å²) in [6.45, 7) is 6.98. The van der Waals surface area contributed by atoms with E-state index >= 15 is 0 Å². The predicted molar refractivity (Wildman–Crippen MR) is 87.6 cm³/mol. The molecule has 1 unspecified atom stereocenters. The molecule has 21 heavy (non-hydrogen) atoms. The first-order valence-corrected chi connectivity index (χ1v) is 7.92. The number of hydrogen-bond donors (Lipinski definition) is 2. The number of carbonyl (C=O) groups is 1. The zero-order valence-electron chi connectivity index (χ0n) is 12.7. The summed E-state index contributed by atoms with van der Waals surface area (Å²) in [5, 5.41) is 4.09. The van der Waals surface area contributed by atoms with Gasteiger partial charge in [-0.2, -0.15) is 0 Å². The fraction of sp³-hybridized carbons (Fsp3) is 0.562. The number of rotatable bonds is 6. The molecule has 1 aromatic carbocycles. The molecule has 1 aromatic rings. The van der Waals surface area contributed by atoms with E-state index in [1.807, 2.05) is 17.0 Å². The summed E-state index contributed by atoms with van der Waals surface area (Å²) < 4.78 is 0. The van der Waals surface area contributed by atoms with Crippen molar-refractivity contribution in [2.45, 2.75) is 39.3 Å². The van der Waals surface area contributed by atoms with E-state index in [-0.39, 0.29) is 11.9 Å². The van der Waals surface area contributed by atoms with Crippen molar-refractivity contribution >= 4 is 23.2 Å². The van der Waals surface area contributed by atoms with Gasteiger partial charge in [-0.3, -0.25) is 4.79 Å². The van der Waals surface area contributed by atoms with Crippen LogP contribution in [0.3, 0.4) is 0 Å². The zero-order valence-corrected chi connectivity index (χ0v) is 13.5. The molecule has 1 fully saturated rings. The van der Waals surface area contributed by atoms with Gasteiger partial charge in [0.15, 0.2) is 0 Å². The van der Waals surface area contributed by atoms with Crippen molar-refractivity contribution in [3.05, 3.63) is 28.8 Å². The lowest BCUT2D eigenvalue weighted by atomic mass is 10.1. The maximum Gasteiger partial charge on any atom is 0.240 e.